The van der Waals surface area contributed by atoms with E-state index in [1.165, 1.54) is 7.11 Å². The number of rotatable bonds is 14. The van der Waals surface area contributed by atoms with E-state index < -0.39 is 0 Å². The molecule has 0 spiro atoms. The van der Waals surface area contributed by atoms with Gasteiger partial charge in [0.25, 0.3) is 0 Å². The van der Waals surface area contributed by atoms with Gasteiger partial charge < -0.3 is 37.9 Å². The van der Waals surface area contributed by atoms with Crippen LogP contribution in [0.15, 0.2) is 0 Å². The first-order valence-electron chi connectivity index (χ1n) is 9.30. The van der Waals surface area contributed by atoms with Gasteiger partial charge in [0, 0.05) is 83.6 Å². The molecule has 0 saturated carbocycles. The zero-order chi connectivity index (χ0) is 23.3. The maximum atomic E-state index is 10.8. The molecule has 9 nitrogen and oxygen atoms in total. The van der Waals surface area contributed by atoms with E-state index in [1.807, 2.05) is 6.92 Å². The second-order valence-electron chi connectivity index (χ2n) is 5.74. The van der Waals surface area contributed by atoms with Gasteiger partial charge in [0.2, 0.25) is 0 Å². The van der Waals surface area contributed by atoms with E-state index in [2.05, 4.69) is 9.47 Å². The molecule has 0 aromatic heterocycles. The first-order chi connectivity index (χ1) is 13.9. The third-order valence-corrected chi connectivity index (χ3v) is 2.96. The number of Topliss-reactive ketones (excluding diaryl/α,β-unsaturated/α-hetero) is 1. The number of hydrogen-bond donors (Lipinski definition) is 0. The molecule has 0 amide bonds. The van der Waals surface area contributed by atoms with E-state index in [1.54, 1.807) is 56.9 Å². The lowest BCUT2D eigenvalue weighted by atomic mass is 10.2. The maximum Gasteiger partial charge on any atom is 0.161 e. The molecule has 0 unspecified atom stereocenters. The fraction of sp³-hybridized carbons (Fsp3) is 0.952. The highest BCUT2D eigenvalue weighted by Gasteiger charge is 2.06. The second-order valence-corrected chi connectivity index (χ2v) is 5.74. The molecule has 188 valence electrons. The van der Waals surface area contributed by atoms with Crippen molar-refractivity contribution >= 4 is 5.78 Å². The smallest absolute Gasteiger partial charge is 0.161 e. The van der Waals surface area contributed by atoms with Crippen LogP contribution >= 0.6 is 0 Å². The van der Waals surface area contributed by atoms with Crippen LogP contribution in [-0.2, 0) is 42.7 Å². The summed E-state index contributed by atoms with van der Waals surface area (Å²) in [4.78, 5) is 10.8. The summed E-state index contributed by atoms with van der Waals surface area (Å²) in [6.07, 6.45) is 1.50. The van der Waals surface area contributed by atoms with Crippen molar-refractivity contribution in [3.05, 3.63) is 0 Å². The predicted octanol–water partition coefficient (Wildman–Crippen LogP) is 2.49. The summed E-state index contributed by atoms with van der Waals surface area (Å²) >= 11 is 0. The lowest BCUT2D eigenvalue weighted by Gasteiger charge is -2.11. The van der Waals surface area contributed by atoms with Gasteiger partial charge in [-0.2, -0.15) is 0 Å². The van der Waals surface area contributed by atoms with E-state index in [0.717, 1.165) is 19.6 Å². The van der Waals surface area contributed by atoms with E-state index in [9.17, 15) is 4.79 Å². The Morgan fingerprint density at radius 3 is 1.40 bits per heavy atom. The number of ether oxygens (including phenoxy) is 8. The molecule has 0 fully saturated rings. The molecule has 0 aliphatic heterocycles. The first kappa shape index (κ1) is 39.8. The SMILES string of the molecule is C.COC.COCC(=O)C[C@@H](C)OC.COCC(COC)OC.COCCCOC. The van der Waals surface area contributed by atoms with Gasteiger partial charge in [-0.05, 0) is 13.3 Å². The average molecular weight is 447 g/mol. The van der Waals surface area contributed by atoms with Crippen LogP contribution in [-0.4, -0.2) is 115 Å². The molecule has 0 saturated heterocycles. The van der Waals surface area contributed by atoms with Crippen molar-refractivity contribution in [1.82, 2.24) is 0 Å². The van der Waals surface area contributed by atoms with Crippen LogP contribution in [0.5, 0.6) is 0 Å². The van der Waals surface area contributed by atoms with Crippen molar-refractivity contribution in [1.29, 1.82) is 0 Å². The summed E-state index contributed by atoms with van der Waals surface area (Å²) in [7, 11) is 14.7. The Kier molecular flexibility index (Phi) is 51.6. The van der Waals surface area contributed by atoms with Gasteiger partial charge in [-0.3, -0.25) is 4.79 Å². The molecule has 0 radical (unpaired) electrons. The highest BCUT2D eigenvalue weighted by Crippen LogP contribution is 1.95. The van der Waals surface area contributed by atoms with Gasteiger partial charge in [-0.15, -0.1) is 0 Å². The monoisotopic (exact) mass is 446 g/mol. The summed E-state index contributed by atoms with van der Waals surface area (Å²) in [5, 5.41) is 0. The van der Waals surface area contributed by atoms with Gasteiger partial charge in [-0.25, -0.2) is 0 Å². The fourth-order valence-corrected chi connectivity index (χ4v) is 1.53. The Balaban J connectivity index is -0.0000000972. The van der Waals surface area contributed by atoms with Crippen LogP contribution < -0.4 is 0 Å². The Morgan fingerprint density at radius 1 is 0.700 bits per heavy atom. The van der Waals surface area contributed by atoms with Crippen LogP contribution in [0.3, 0.4) is 0 Å². The molecule has 0 heterocycles. The van der Waals surface area contributed by atoms with E-state index in [4.69, 9.17) is 28.4 Å². The zero-order valence-electron chi connectivity index (χ0n) is 20.3. The predicted molar refractivity (Wildman–Crippen MR) is 121 cm³/mol. The summed E-state index contributed by atoms with van der Waals surface area (Å²) in [6.45, 7) is 4.82. The van der Waals surface area contributed by atoms with Gasteiger partial charge in [0.1, 0.15) is 12.7 Å². The van der Waals surface area contributed by atoms with Crippen LogP contribution in [0.25, 0.3) is 0 Å². The summed E-state index contributed by atoms with van der Waals surface area (Å²) in [5.74, 6) is 0.0804. The molecule has 0 rings (SSSR count). The van der Waals surface area contributed by atoms with Crippen molar-refractivity contribution in [3.63, 3.8) is 0 Å². The third kappa shape index (κ3) is 45.9. The van der Waals surface area contributed by atoms with Crippen LogP contribution in [0.2, 0.25) is 0 Å². The average Bonchev–Trinajstić information content (AvgIpc) is 2.70. The molecule has 0 aliphatic rings. The lowest BCUT2D eigenvalue weighted by molar-refractivity contribution is -0.124. The van der Waals surface area contributed by atoms with Gasteiger partial charge in [0.15, 0.2) is 5.78 Å². The number of carbonyl (C=O) groups excluding carboxylic acids is 1. The fourth-order valence-electron chi connectivity index (χ4n) is 1.53. The number of methoxy groups -OCH3 is 8. The van der Waals surface area contributed by atoms with Gasteiger partial charge >= 0.3 is 0 Å². The molecular formula is C21H50O9. The number of hydrogen-bond acceptors (Lipinski definition) is 9. The lowest BCUT2D eigenvalue weighted by Crippen LogP contribution is -2.22. The van der Waals surface area contributed by atoms with Crippen molar-refractivity contribution in [2.24, 2.45) is 0 Å². The van der Waals surface area contributed by atoms with Gasteiger partial charge in [-0.1, -0.05) is 7.43 Å². The Labute approximate surface area is 185 Å². The van der Waals surface area contributed by atoms with Crippen molar-refractivity contribution in [2.75, 3.05) is 97.0 Å². The van der Waals surface area contributed by atoms with E-state index >= 15 is 0 Å². The van der Waals surface area contributed by atoms with Crippen molar-refractivity contribution in [3.8, 4) is 0 Å². The zero-order valence-corrected chi connectivity index (χ0v) is 20.3. The Hall–Kier alpha value is -0.650. The summed E-state index contributed by atoms with van der Waals surface area (Å²) < 4.78 is 38.0. The molecule has 0 bridgehead atoms. The molecule has 0 aromatic rings. The molecule has 1 atom stereocenters. The minimum Gasteiger partial charge on any atom is -0.388 e. The molecule has 0 aliphatic carbocycles. The normalized spacial score (nSPS) is 10.4. The number of carbonyl (C=O) groups is 1. The van der Waals surface area contributed by atoms with Crippen LogP contribution in [0.4, 0.5) is 0 Å². The molecule has 0 N–H and O–H groups in total. The first-order valence-corrected chi connectivity index (χ1v) is 9.30. The standard InChI is InChI=1S/C7H14O3.C6H14O3.C5H12O2.C2H6O.CH4/c1-6(10-3)4-7(8)5-9-2;1-7-4-6(9-3)5-8-2;1-6-4-3-5-7-2;1-3-2;/h6H,4-5H2,1-3H3;6H,4-5H2,1-3H3;3-5H2,1-2H3;1-2H3;1H4/t6-;;;;/m1..../s1. The highest BCUT2D eigenvalue weighted by molar-refractivity contribution is 5.80. The largest absolute Gasteiger partial charge is 0.388 e. The number of ketones is 1. The molecule has 9 heteroatoms. The highest BCUT2D eigenvalue weighted by atomic mass is 16.5. The third-order valence-electron chi connectivity index (χ3n) is 2.96. The molecule has 0 aromatic carbocycles. The van der Waals surface area contributed by atoms with Gasteiger partial charge in [0.05, 0.1) is 19.3 Å². The van der Waals surface area contributed by atoms with Crippen molar-refractivity contribution in [2.45, 2.75) is 39.4 Å². The van der Waals surface area contributed by atoms with Crippen LogP contribution in [0, 0.1) is 0 Å². The molecular weight excluding hydrogens is 396 g/mol. The topological polar surface area (TPSA) is 90.9 Å². The summed E-state index contributed by atoms with van der Waals surface area (Å²) in [5.41, 5.74) is 0. The second kappa shape index (κ2) is 38.9. The minimum atomic E-state index is 0. The van der Waals surface area contributed by atoms with E-state index in [0.29, 0.717) is 19.6 Å². The van der Waals surface area contributed by atoms with E-state index in [-0.39, 0.29) is 32.0 Å². The Morgan fingerprint density at radius 2 is 1.13 bits per heavy atom. The molecule has 30 heavy (non-hydrogen) atoms. The van der Waals surface area contributed by atoms with Crippen molar-refractivity contribution < 1.29 is 42.7 Å². The quantitative estimate of drug-likeness (QED) is 0.373. The van der Waals surface area contributed by atoms with Crippen LogP contribution in [0.1, 0.15) is 27.2 Å². The minimum absolute atomic E-state index is 0. The summed E-state index contributed by atoms with van der Waals surface area (Å²) in [6, 6.07) is 0. The maximum absolute atomic E-state index is 10.8. The Bertz CT molecular complexity index is 269.